The number of ether oxygens (including phenoxy) is 1. The smallest absolute Gasteiger partial charge is 0.410 e. The number of carbonyl (C=O) groups excluding carboxylic acids is 1. The number of hydrogen-bond donors (Lipinski definition) is 1. The first-order valence-electron chi connectivity index (χ1n) is 10.5. The van der Waals surface area contributed by atoms with Crippen LogP contribution in [0.5, 0.6) is 0 Å². The maximum absolute atomic E-state index is 14.0. The minimum Gasteiger partial charge on any atom is -0.444 e. The van der Waals surface area contributed by atoms with Crippen molar-refractivity contribution in [3.63, 3.8) is 0 Å². The Morgan fingerprint density at radius 3 is 2.58 bits per heavy atom. The molecule has 31 heavy (non-hydrogen) atoms. The van der Waals surface area contributed by atoms with Crippen molar-refractivity contribution in [3.05, 3.63) is 52.8 Å². The van der Waals surface area contributed by atoms with Crippen LogP contribution in [0, 0.1) is 11.2 Å². The molecule has 1 aromatic heterocycles. The summed E-state index contributed by atoms with van der Waals surface area (Å²) in [6.07, 6.45) is 2.87. The van der Waals surface area contributed by atoms with Crippen molar-refractivity contribution in [1.82, 2.24) is 14.5 Å². The Hall–Kier alpha value is -2.74. The van der Waals surface area contributed by atoms with Crippen LogP contribution >= 0.6 is 0 Å². The predicted molar refractivity (Wildman–Crippen MR) is 113 cm³/mol. The van der Waals surface area contributed by atoms with Gasteiger partial charge in [-0.3, -0.25) is 9.36 Å². The number of rotatable bonds is 3. The molecule has 0 radical (unpaired) electrons. The third-order valence-electron chi connectivity index (χ3n) is 6.24. The highest BCUT2D eigenvalue weighted by molar-refractivity contribution is 5.68. The zero-order chi connectivity index (χ0) is 22.4. The number of carbonyl (C=O) groups is 1. The Labute approximate surface area is 180 Å². The number of nitrogens with zero attached hydrogens (tertiary/aromatic N) is 3. The molecule has 1 saturated carbocycles. The van der Waals surface area contributed by atoms with E-state index in [0.717, 1.165) is 12.8 Å². The van der Waals surface area contributed by atoms with E-state index in [4.69, 9.17) is 4.74 Å². The molecule has 7 nitrogen and oxygen atoms in total. The van der Waals surface area contributed by atoms with Crippen LogP contribution in [0.1, 0.15) is 40.0 Å². The largest absolute Gasteiger partial charge is 0.444 e. The lowest BCUT2D eigenvalue weighted by Gasteiger charge is -2.45. The Balaban J connectivity index is 1.52. The average molecular weight is 429 g/mol. The van der Waals surface area contributed by atoms with Gasteiger partial charge < -0.3 is 14.7 Å². The molecule has 166 valence electrons. The van der Waals surface area contributed by atoms with E-state index in [9.17, 15) is 19.1 Å². The zero-order valence-electron chi connectivity index (χ0n) is 18.1. The summed E-state index contributed by atoms with van der Waals surface area (Å²) >= 11 is 0. The fraction of sp³-hybridized carbons (Fsp3) is 0.522. The molecule has 0 bridgehead atoms. The summed E-state index contributed by atoms with van der Waals surface area (Å²) in [5.41, 5.74) is -2.00. The van der Waals surface area contributed by atoms with Crippen LogP contribution in [0.25, 0.3) is 11.3 Å². The molecular weight excluding hydrogens is 401 g/mol. The fourth-order valence-electron chi connectivity index (χ4n) is 4.32. The SMILES string of the molecule is CC(C)(C)OC(=O)N1CCC(O)(Cn2cnc(-c3ccccc3F)cc2=O)C2(CC2)C1. The van der Waals surface area contributed by atoms with Crippen molar-refractivity contribution in [1.29, 1.82) is 0 Å². The molecule has 2 fully saturated rings. The zero-order valence-corrected chi connectivity index (χ0v) is 18.1. The maximum atomic E-state index is 14.0. The average Bonchev–Trinajstić information content (AvgIpc) is 3.46. The summed E-state index contributed by atoms with van der Waals surface area (Å²) < 4.78 is 20.9. The number of benzene rings is 1. The van der Waals surface area contributed by atoms with Crippen LogP contribution in [0.15, 0.2) is 41.5 Å². The molecular formula is C23H28FN3O4. The lowest BCUT2D eigenvalue weighted by molar-refractivity contribution is -0.0979. The normalized spacial score (nSPS) is 22.4. The third kappa shape index (κ3) is 4.21. The molecule has 1 aromatic carbocycles. The first-order valence-corrected chi connectivity index (χ1v) is 10.5. The van der Waals surface area contributed by atoms with E-state index in [1.807, 2.05) is 20.8 Å². The number of aromatic nitrogens is 2. The highest BCUT2D eigenvalue weighted by Crippen LogP contribution is 2.58. The van der Waals surface area contributed by atoms with Gasteiger partial charge in [-0.05, 0) is 52.2 Å². The Morgan fingerprint density at radius 2 is 1.97 bits per heavy atom. The van der Waals surface area contributed by atoms with Gasteiger partial charge in [0.2, 0.25) is 0 Å². The van der Waals surface area contributed by atoms with Crippen LogP contribution in [0.2, 0.25) is 0 Å². The monoisotopic (exact) mass is 429 g/mol. The number of halogens is 1. The minimum atomic E-state index is -1.13. The first kappa shape index (κ1) is 21.5. The number of likely N-dealkylation sites (tertiary alicyclic amines) is 1. The highest BCUT2D eigenvalue weighted by Gasteiger charge is 2.62. The van der Waals surface area contributed by atoms with E-state index < -0.39 is 22.4 Å². The minimum absolute atomic E-state index is 0.0819. The van der Waals surface area contributed by atoms with Crippen molar-refractivity contribution < 1.29 is 19.0 Å². The summed E-state index contributed by atoms with van der Waals surface area (Å²) in [6.45, 7) is 6.29. The standard InChI is InChI=1S/C23H28FN3O4/c1-21(2,3)31-20(29)26-11-10-23(30,22(13-26)8-9-22)14-27-15-25-18(12-19(27)28)16-6-4-5-7-17(16)24/h4-7,12,15,30H,8-11,13-14H2,1-3H3. The molecule has 2 aliphatic rings. The van der Waals surface area contributed by atoms with Gasteiger partial charge in [0.25, 0.3) is 5.56 Å². The summed E-state index contributed by atoms with van der Waals surface area (Å²) in [7, 11) is 0. The van der Waals surface area contributed by atoms with Crippen molar-refractivity contribution in [3.8, 4) is 11.3 Å². The van der Waals surface area contributed by atoms with Crippen LogP contribution in [0.4, 0.5) is 9.18 Å². The predicted octanol–water partition coefficient (Wildman–Crippen LogP) is 3.20. The van der Waals surface area contributed by atoms with Gasteiger partial charge in [0.1, 0.15) is 11.4 Å². The third-order valence-corrected chi connectivity index (χ3v) is 6.24. The van der Waals surface area contributed by atoms with Gasteiger partial charge in [0, 0.05) is 30.1 Å². The second kappa shape index (κ2) is 7.44. The molecule has 1 atom stereocenters. The Bertz CT molecular complexity index is 1060. The van der Waals surface area contributed by atoms with Crippen molar-refractivity contribution in [2.75, 3.05) is 13.1 Å². The summed E-state index contributed by atoms with van der Waals surface area (Å²) in [5, 5.41) is 11.5. The molecule has 1 aliphatic heterocycles. The van der Waals surface area contributed by atoms with Gasteiger partial charge in [-0.2, -0.15) is 0 Å². The van der Waals surface area contributed by atoms with E-state index >= 15 is 0 Å². The van der Waals surface area contributed by atoms with E-state index in [1.54, 1.807) is 23.1 Å². The van der Waals surface area contributed by atoms with Gasteiger partial charge in [-0.1, -0.05) is 12.1 Å². The van der Waals surface area contributed by atoms with Crippen LogP contribution in [0.3, 0.4) is 0 Å². The molecule has 1 spiro atoms. The van der Waals surface area contributed by atoms with Crippen molar-refractivity contribution in [2.45, 2.75) is 57.8 Å². The summed E-state index contributed by atoms with van der Waals surface area (Å²) in [5.74, 6) is -0.447. The molecule has 2 aromatic rings. The van der Waals surface area contributed by atoms with E-state index in [-0.39, 0.29) is 29.5 Å². The number of amides is 1. The fourth-order valence-corrected chi connectivity index (χ4v) is 4.32. The van der Waals surface area contributed by atoms with Crippen LogP contribution in [-0.4, -0.2) is 49.9 Å². The maximum Gasteiger partial charge on any atom is 0.410 e. The van der Waals surface area contributed by atoms with E-state index in [2.05, 4.69) is 4.98 Å². The quantitative estimate of drug-likeness (QED) is 0.810. The topological polar surface area (TPSA) is 84.7 Å². The van der Waals surface area contributed by atoms with Crippen molar-refractivity contribution >= 4 is 6.09 Å². The van der Waals surface area contributed by atoms with E-state index in [1.165, 1.54) is 23.0 Å². The lowest BCUT2D eigenvalue weighted by atomic mass is 9.77. The van der Waals surface area contributed by atoms with Crippen LogP contribution in [-0.2, 0) is 11.3 Å². The van der Waals surface area contributed by atoms with Gasteiger partial charge in [-0.15, -0.1) is 0 Å². The van der Waals surface area contributed by atoms with Crippen molar-refractivity contribution in [2.24, 2.45) is 5.41 Å². The van der Waals surface area contributed by atoms with Crippen LogP contribution < -0.4 is 5.56 Å². The number of hydrogen-bond acceptors (Lipinski definition) is 5. The summed E-state index contributed by atoms with van der Waals surface area (Å²) in [4.78, 5) is 31.1. The molecule has 1 amide bonds. The molecule has 1 aliphatic carbocycles. The van der Waals surface area contributed by atoms with Gasteiger partial charge >= 0.3 is 6.09 Å². The highest BCUT2D eigenvalue weighted by atomic mass is 19.1. The number of aliphatic hydroxyl groups is 1. The first-order chi connectivity index (χ1) is 14.5. The van der Waals surface area contributed by atoms with E-state index in [0.29, 0.717) is 19.5 Å². The molecule has 4 rings (SSSR count). The second-order valence-corrected chi connectivity index (χ2v) is 9.68. The molecule has 1 unspecified atom stereocenters. The molecule has 1 N–H and O–H groups in total. The molecule has 2 heterocycles. The van der Waals surface area contributed by atoms with Gasteiger partial charge in [-0.25, -0.2) is 14.2 Å². The van der Waals surface area contributed by atoms with Gasteiger partial charge in [0.05, 0.1) is 24.2 Å². The lowest BCUT2D eigenvalue weighted by Crippen LogP contribution is -2.58. The second-order valence-electron chi connectivity index (χ2n) is 9.68. The Kier molecular flexibility index (Phi) is 5.16. The molecule has 1 saturated heterocycles. The number of piperidine rings is 1. The molecule has 8 heteroatoms. The Morgan fingerprint density at radius 1 is 1.26 bits per heavy atom. The van der Waals surface area contributed by atoms with Gasteiger partial charge in [0.15, 0.2) is 0 Å². The summed E-state index contributed by atoms with van der Waals surface area (Å²) in [6, 6.07) is 7.44.